The first-order chi connectivity index (χ1) is 12.6. The monoisotopic (exact) mass is 367 g/mol. The van der Waals surface area contributed by atoms with Gasteiger partial charge in [0.2, 0.25) is 0 Å². The molecule has 0 saturated carbocycles. The summed E-state index contributed by atoms with van der Waals surface area (Å²) in [6, 6.07) is 11.1. The summed E-state index contributed by atoms with van der Waals surface area (Å²) in [7, 11) is 5.46. The van der Waals surface area contributed by atoms with Crippen molar-refractivity contribution < 1.29 is 14.6 Å². The molecule has 0 aromatic heterocycles. The van der Waals surface area contributed by atoms with E-state index in [1.165, 1.54) is 0 Å². The molecule has 0 fully saturated rings. The summed E-state index contributed by atoms with van der Waals surface area (Å²) in [5, 5.41) is 9.98. The van der Waals surface area contributed by atoms with Crippen LogP contribution in [0, 0.1) is 0 Å². The van der Waals surface area contributed by atoms with E-state index < -0.39 is 0 Å². The van der Waals surface area contributed by atoms with Gasteiger partial charge >= 0.3 is 0 Å². The van der Waals surface area contributed by atoms with Gasteiger partial charge in [0.1, 0.15) is 11.5 Å². The number of benzene rings is 2. The molecule has 4 heteroatoms. The number of allylic oxidation sites excluding steroid dienone is 1. The Hall–Kier alpha value is -2.59. The van der Waals surface area contributed by atoms with Crippen LogP contribution < -0.4 is 4.74 Å². The molecule has 27 heavy (non-hydrogen) atoms. The van der Waals surface area contributed by atoms with Gasteiger partial charge in [-0.05, 0) is 61.0 Å². The number of carbonyl (C=O) groups is 1. The van der Waals surface area contributed by atoms with Crippen molar-refractivity contribution in [2.24, 2.45) is 0 Å². The molecule has 0 aliphatic heterocycles. The van der Waals surface area contributed by atoms with Crippen LogP contribution in [0.5, 0.6) is 11.5 Å². The Kier molecular flexibility index (Phi) is 6.45. The third kappa shape index (κ3) is 5.44. The summed E-state index contributed by atoms with van der Waals surface area (Å²) < 4.78 is 5.37. The van der Waals surface area contributed by atoms with Gasteiger partial charge in [0.25, 0.3) is 0 Å². The molecule has 2 rings (SSSR count). The van der Waals surface area contributed by atoms with Crippen LogP contribution in [-0.2, 0) is 12.0 Å². The van der Waals surface area contributed by atoms with Crippen LogP contribution in [0.15, 0.2) is 42.5 Å². The van der Waals surface area contributed by atoms with E-state index in [0.717, 1.165) is 16.7 Å². The van der Waals surface area contributed by atoms with Crippen molar-refractivity contribution in [1.82, 2.24) is 4.90 Å². The lowest BCUT2D eigenvalue weighted by molar-refractivity contribution is 0.104. The van der Waals surface area contributed by atoms with Gasteiger partial charge in [-0.1, -0.05) is 39.0 Å². The second kappa shape index (κ2) is 8.40. The third-order valence-electron chi connectivity index (χ3n) is 4.35. The van der Waals surface area contributed by atoms with E-state index in [0.29, 0.717) is 17.9 Å². The fraction of sp³-hybridized carbons (Fsp3) is 0.348. The van der Waals surface area contributed by atoms with Gasteiger partial charge in [0.15, 0.2) is 5.78 Å². The SMILES string of the molecule is COc1ccc(C(C)(C)C)cc1C(=O)C=Cc1ccc(O)c(CN(C)C)c1. The lowest BCUT2D eigenvalue weighted by Crippen LogP contribution is -2.12. The Morgan fingerprint density at radius 2 is 1.85 bits per heavy atom. The van der Waals surface area contributed by atoms with Crippen LogP contribution in [0.25, 0.3) is 6.08 Å². The second-order valence-electron chi connectivity index (χ2n) is 7.99. The normalized spacial score (nSPS) is 12.0. The number of rotatable bonds is 6. The Morgan fingerprint density at radius 3 is 2.44 bits per heavy atom. The van der Waals surface area contributed by atoms with Crippen molar-refractivity contribution in [3.05, 3.63) is 64.7 Å². The molecule has 0 bridgehead atoms. The van der Waals surface area contributed by atoms with E-state index in [1.807, 2.05) is 43.3 Å². The van der Waals surface area contributed by atoms with Gasteiger partial charge in [0, 0.05) is 12.1 Å². The Labute approximate surface area is 162 Å². The number of phenolic OH excluding ortho intramolecular Hbond substituents is 1. The number of methoxy groups -OCH3 is 1. The number of carbonyl (C=O) groups excluding carboxylic acids is 1. The van der Waals surface area contributed by atoms with E-state index >= 15 is 0 Å². The Bertz CT molecular complexity index is 845. The van der Waals surface area contributed by atoms with E-state index in [-0.39, 0.29) is 16.9 Å². The zero-order chi connectivity index (χ0) is 20.2. The molecule has 0 unspecified atom stereocenters. The summed E-state index contributed by atoms with van der Waals surface area (Å²) in [4.78, 5) is 14.8. The summed E-state index contributed by atoms with van der Waals surface area (Å²) in [6.07, 6.45) is 3.32. The fourth-order valence-corrected chi connectivity index (χ4v) is 2.81. The minimum Gasteiger partial charge on any atom is -0.508 e. The predicted octanol–water partition coefficient (Wildman–Crippen LogP) is 4.66. The molecule has 4 nitrogen and oxygen atoms in total. The number of ether oxygens (including phenoxy) is 1. The van der Waals surface area contributed by atoms with Gasteiger partial charge in [-0.3, -0.25) is 4.79 Å². The molecule has 1 N–H and O–H groups in total. The van der Waals surface area contributed by atoms with Crippen LogP contribution in [0.2, 0.25) is 0 Å². The Morgan fingerprint density at radius 1 is 1.15 bits per heavy atom. The van der Waals surface area contributed by atoms with E-state index in [4.69, 9.17) is 4.74 Å². The lowest BCUT2D eigenvalue weighted by atomic mass is 9.85. The molecule has 0 atom stereocenters. The van der Waals surface area contributed by atoms with Crippen LogP contribution >= 0.6 is 0 Å². The van der Waals surface area contributed by atoms with Crippen molar-refractivity contribution in [2.75, 3.05) is 21.2 Å². The molecule has 0 aliphatic carbocycles. The molecule has 2 aromatic rings. The van der Waals surface area contributed by atoms with Gasteiger partial charge < -0.3 is 14.7 Å². The third-order valence-corrected chi connectivity index (χ3v) is 4.35. The van der Waals surface area contributed by atoms with Crippen molar-refractivity contribution >= 4 is 11.9 Å². The molecule has 0 radical (unpaired) electrons. The molecular formula is C23H29NO3. The van der Waals surface area contributed by atoms with E-state index in [9.17, 15) is 9.90 Å². The minimum atomic E-state index is -0.111. The molecule has 0 spiro atoms. The number of hydrogen-bond acceptors (Lipinski definition) is 4. The highest BCUT2D eigenvalue weighted by Crippen LogP contribution is 2.28. The van der Waals surface area contributed by atoms with Crippen molar-refractivity contribution in [3.63, 3.8) is 0 Å². The quantitative estimate of drug-likeness (QED) is 0.596. The number of phenols is 1. The lowest BCUT2D eigenvalue weighted by Gasteiger charge is -2.20. The van der Waals surface area contributed by atoms with E-state index in [2.05, 4.69) is 20.8 Å². The largest absolute Gasteiger partial charge is 0.508 e. The number of nitrogens with zero attached hydrogens (tertiary/aromatic N) is 1. The summed E-state index contributed by atoms with van der Waals surface area (Å²) >= 11 is 0. The van der Waals surface area contributed by atoms with Crippen LogP contribution in [0.1, 0.15) is 47.8 Å². The van der Waals surface area contributed by atoms with Crippen LogP contribution in [-0.4, -0.2) is 37.0 Å². The standard InChI is InChI=1S/C23H29NO3/c1-23(2,3)18-9-12-22(27-6)19(14-18)21(26)11-8-16-7-10-20(25)17(13-16)15-24(4)5/h7-14,25H,15H2,1-6H3. The first kappa shape index (κ1) is 20.7. The van der Waals surface area contributed by atoms with E-state index in [1.54, 1.807) is 31.4 Å². The highest BCUT2D eigenvalue weighted by Gasteiger charge is 2.18. The highest BCUT2D eigenvalue weighted by molar-refractivity contribution is 6.08. The molecule has 2 aromatic carbocycles. The van der Waals surface area contributed by atoms with Gasteiger partial charge in [0.05, 0.1) is 12.7 Å². The molecule has 0 amide bonds. The smallest absolute Gasteiger partial charge is 0.189 e. The minimum absolute atomic E-state index is 0.0525. The molecule has 0 heterocycles. The van der Waals surface area contributed by atoms with Crippen LogP contribution in [0.3, 0.4) is 0 Å². The number of aromatic hydroxyl groups is 1. The molecule has 0 aliphatic rings. The van der Waals surface area contributed by atoms with Gasteiger partial charge in [-0.15, -0.1) is 0 Å². The maximum Gasteiger partial charge on any atom is 0.189 e. The van der Waals surface area contributed by atoms with Crippen molar-refractivity contribution in [3.8, 4) is 11.5 Å². The summed E-state index contributed by atoms with van der Waals surface area (Å²) in [5.74, 6) is 0.712. The summed E-state index contributed by atoms with van der Waals surface area (Å²) in [6.45, 7) is 6.97. The first-order valence-corrected chi connectivity index (χ1v) is 8.99. The Balaban J connectivity index is 2.31. The maximum absolute atomic E-state index is 12.8. The topological polar surface area (TPSA) is 49.8 Å². The number of hydrogen-bond donors (Lipinski definition) is 1. The van der Waals surface area contributed by atoms with Crippen molar-refractivity contribution in [1.29, 1.82) is 0 Å². The highest BCUT2D eigenvalue weighted by atomic mass is 16.5. The van der Waals surface area contributed by atoms with Crippen molar-refractivity contribution in [2.45, 2.75) is 32.7 Å². The second-order valence-corrected chi connectivity index (χ2v) is 7.99. The molecule has 0 saturated heterocycles. The average molecular weight is 367 g/mol. The maximum atomic E-state index is 12.8. The first-order valence-electron chi connectivity index (χ1n) is 8.99. The van der Waals surface area contributed by atoms with Gasteiger partial charge in [-0.2, -0.15) is 0 Å². The van der Waals surface area contributed by atoms with Crippen LogP contribution in [0.4, 0.5) is 0 Å². The molecular weight excluding hydrogens is 338 g/mol. The molecule has 144 valence electrons. The van der Waals surface area contributed by atoms with Gasteiger partial charge in [-0.25, -0.2) is 0 Å². The predicted molar refractivity (Wildman–Crippen MR) is 111 cm³/mol. The summed E-state index contributed by atoms with van der Waals surface area (Å²) in [5.41, 5.74) is 3.26. The number of ketones is 1. The zero-order valence-corrected chi connectivity index (χ0v) is 17.0. The fourth-order valence-electron chi connectivity index (χ4n) is 2.81. The average Bonchev–Trinajstić information content (AvgIpc) is 2.60. The zero-order valence-electron chi connectivity index (χ0n) is 17.0.